The summed E-state index contributed by atoms with van der Waals surface area (Å²) in [6, 6.07) is 1.83. The number of amides is 1. The highest BCUT2D eigenvalue weighted by Gasteiger charge is 2.13. The molecule has 2 aromatic rings. The molecule has 94 valence electrons. The minimum Gasteiger partial charge on any atom is -0.318 e. The number of pyridine rings is 1. The second-order valence-electron chi connectivity index (χ2n) is 4.00. The van der Waals surface area contributed by atoms with Crippen molar-refractivity contribution in [1.82, 2.24) is 20.2 Å². The fourth-order valence-corrected chi connectivity index (χ4v) is 1.52. The first-order valence-electron chi connectivity index (χ1n) is 5.84. The molecular formula is C12H15N5O. The van der Waals surface area contributed by atoms with E-state index in [4.69, 9.17) is 0 Å². The predicted octanol–water partition coefficient (Wildman–Crippen LogP) is 1.71. The van der Waals surface area contributed by atoms with Gasteiger partial charge in [-0.25, -0.2) is 4.98 Å². The average molecular weight is 245 g/mol. The van der Waals surface area contributed by atoms with E-state index in [1.165, 1.54) is 0 Å². The third-order valence-electron chi connectivity index (χ3n) is 2.51. The van der Waals surface area contributed by atoms with E-state index in [0.717, 1.165) is 24.2 Å². The number of aromatic nitrogens is 4. The smallest absolute Gasteiger partial charge is 0.295 e. The fourth-order valence-electron chi connectivity index (χ4n) is 1.52. The van der Waals surface area contributed by atoms with Gasteiger partial charge in [0.05, 0.1) is 11.9 Å². The first-order chi connectivity index (χ1) is 8.70. The molecule has 1 amide bonds. The summed E-state index contributed by atoms with van der Waals surface area (Å²) in [5.74, 6) is 0.553. The first-order valence-corrected chi connectivity index (χ1v) is 5.84. The molecule has 0 radical (unpaired) electrons. The van der Waals surface area contributed by atoms with Gasteiger partial charge in [-0.2, -0.15) is 0 Å². The van der Waals surface area contributed by atoms with E-state index in [9.17, 15) is 4.79 Å². The molecule has 2 rings (SSSR count). The van der Waals surface area contributed by atoms with Crippen molar-refractivity contribution in [2.45, 2.75) is 26.7 Å². The van der Waals surface area contributed by atoms with E-state index >= 15 is 0 Å². The molecule has 6 nitrogen and oxygen atoms in total. The van der Waals surface area contributed by atoms with E-state index in [1.807, 2.05) is 19.9 Å². The van der Waals surface area contributed by atoms with Crippen molar-refractivity contribution < 1.29 is 4.79 Å². The zero-order chi connectivity index (χ0) is 13.0. The van der Waals surface area contributed by atoms with Crippen molar-refractivity contribution in [3.05, 3.63) is 35.7 Å². The predicted molar refractivity (Wildman–Crippen MR) is 67.3 cm³/mol. The lowest BCUT2D eigenvalue weighted by Crippen LogP contribution is -2.14. The Kier molecular flexibility index (Phi) is 3.66. The second kappa shape index (κ2) is 5.39. The zero-order valence-electron chi connectivity index (χ0n) is 10.4. The number of nitrogens with one attached hydrogen (secondary N) is 2. The fraction of sp³-hybridized carbons (Fsp3) is 0.333. The van der Waals surface area contributed by atoms with E-state index in [1.54, 1.807) is 12.4 Å². The molecule has 0 aliphatic rings. The highest BCUT2D eigenvalue weighted by atomic mass is 16.2. The van der Waals surface area contributed by atoms with Crippen LogP contribution in [0.3, 0.4) is 0 Å². The maximum atomic E-state index is 11.9. The number of hydrogen-bond acceptors (Lipinski definition) is 4. The lowest BCUT2D eigenvalue weighted by molar-refractivity contribution is 0.101. The molecule has 0 spiro atoms. The highest BCUT2D eigenvalue weighted by molar-refractivity contribution is 6.01. The summed E-state index contributed by atoms with van der Waals surface area (Å²) in [6.45, 7) is 3.94. The van der Waals surface area contributed by atoms with Crippen LogP contribution < -0.4 is 5.32 Å². The molecule has 0 aromatic carbocycles. The number of hydrogen-bond donors (Lipinski definition) is 2. The van der Waals surface area contributed by atoms with Crippen molar-refractivity contribution in [2.75, 3.05) is 5.32 Å². The maximum Gasteiger partial charge on any atom is 0.295 e. The van der Waals surface area contributed by atoms with Crippen LogP contribution in [0.1, 0.15) is 35.4 Å². The van der Waals surface area contributed by atoms with Gasteiger partial charge in [0.25, 0.3) is 5.91 Å². The van der Waals surface area contributed by atoms with Gasteiger partial charge in [0.2, 0.25) is 5.82 Å². The summed E-state index contributed by atoms with van der Waals surface area (Å²) in [4.78, 5) is 20.0. The standard InChI is InChI=1S/C12H15N5O/c1-3-4-10-15-11(17-16-10)12(18)14-9-7-13-6-5-8(9)2/h5-7H,3-4H2,1-2H3,(H,14,18)(H,15,16,17). The van der Waals surface area contributed by atoms with Crippen LogP contribution in [-0.2, 0) is 6.42 Å². The Morgan fingerprint density at radius 3 is 3.06 bits per heavy atom. The lowest BCUT2D eigenvalue weighted by atomic mass is 10.2. The van der Waals surface area contributed by atoms with Gasteiger partial charge in [-0.1, -0.05) is 6.92 Å². The number of H-pyrrole nitrogens is 1. The third-order valence-corrected chi connectivity index (χ3v) is 2.51. The molecule has 0 aliphatic heterocycles. The number of nitrogens with zero attached hydrogens (tertiary/aromatic N) is 3. The van der Waals surface area contributed by atoms with Crippen LogP contribution in [0.4, 0.5) is 5.69 Å². The molecular weight excluding hydrogens is 230 g/mol. The molecule has 2 N–H and O–H groups in total. The molecule has 18 heavy (non-hydrogen) atoms. The maximum absolute atomic E-state index is 11.9. The number of anilines is 1. The zero-order valence-corrected chi connectivity index (χ0v) is 10.4. The molecule has 2 aromatic heterocycles. The van der Waals surface area contributed by atoms with E-state index < -0.39 is 0 Å². The van der Waals surface area contributed by atoms with Crippen molar-refractivity contribution in [2.24, 2.45) is 0 Å². The summed E-state index contributed by atoms with van der Waals surface area (Å²) in [7, 11) is 0. The van der Waals surface area contributed by atoms with E-state index in [2.05, 4.69) is 25.5 Å². The molecule has 0 saturated carbocycles. The van der Waals surface area contributed by atoms with Crippen LogP contribution in [0.2, 0.25) is 0 Å². The van der Waals surface area contributed by atoms with Crippen LogP contribution in [0.5, 0.6) is 0 Å². The summed E-state index contributed by atoms with van der Waals surface area (Å²) >= 11 is 0. The monoisotopic (exact) mass is 245 g/mol. The average Bonchev–Trinajstić information content (AvgIpc) is 2.81. The summed E-state index contributed by atoms with van der Waals surface area (Å²) in [6.07, 6.45) is 5.02. The van der Waals surface area contributed by atoms with E-state index in [-0.39, 0.29) is 11.7 Å². The Hall–Kier alpha value is -2.24. The van der Waals surface area contributed by atoms with Crippen molar-refractivity contribution in [3.8, 4) is 0 Å². The molecule has 0 unspecified atom stereocenters. The quantitative estimate of drug-likeness (QED) is 0.859. The van der Waals surface area contributed by atoms with Crippen LogP contribution in [0, 0.1) is 6.92 Å². The van der Waals surface area contributed by atoms with Crippen molar-refractivity contribution >= 4 is 11.6 Å². The molecule has 0 aliphatic carbocycles. The molecule has 2 heterocycles. The molecule has 6 heteroatoms. The Morgan fingerprint density at radius 2 is 2.33 bits per heavy atom. The van der Waals surface area contributed by atoms with Gasteiger partial charge in [0.15, 0.2) is 0 Å². The van der Waals surface area contributed by atoms with Crippen molar-refractivity contribution in [1.29, 1.82) is 0 Å². The summed E-state index contributed by atoms with van der Waals surface area (Å²) in [5.41, 5.74) is 1.62. The van der Waals surface area contributed by atoms with Crippen LogP contribution >= 0.6 is 0 Å². The summed E-state index contributed by atoms with van der Waals surface area (Å²) < 4.78 is 0. The highest BCUT2D eigenvalue weighted by Crippen LogP contribution is 2.12. The minimum absolute atomic E-state index is 0.154. The molecule has 0 fully saturated rings. The molecule has 0 atom stereocenters. The SMILES string of the molecule is CCCc1nc(C(=O)Nc2cnccc2C)n[nH]1. The second-order valence-corrected chi connectivity index (χ2v) is 4.00. The van der Waals surface area contributed by atoms with Gasteiger partial charge < -0.3 is 5.32 Å². The summed E-state index contributed by atoms with van der Waals surface area (Å²) in [5, 5.41) is 9.38. The number of carbonyl (C=O) groups is 1. The van der Waals surface area contributed by atoms with Crippen LogP contribution in [-0.4, -0.2) is 26.1 Å². The Labute approximate surface area is 105 Å². The topological polar surface area (TPSA) is 83.6 Å². The van der Waals surface area contributed by atoms with Gasteiger partial charge in [0.1, 0.15) is 5.82 Å². The van der Waals surface area contributed by atoms with Crippen molar-refractivity contribution in [3.63, 3.8) is 0 Å². The normalized spacial score (nSPS) is 10.3. The lowest BCUT2D eigenvalue weighted by Gasteiger charge is -2.04. The number of aromatic amines is 1. The van der Waals surface area contributed by atoms with Gasteiger partial charge in [-0.3, -0.25) is 14.9 Å². The Bertz CT molecular complexity index is 549. The van der Waals surface area contributed by atoms with E-state index in [0.29, 0.717) is 5.69 Å². The molecule has 0 saturated heterocycles. The van der Waals surface area contributed by atoms with Gasteiger partial charge in [-0.15, -0.1) is 5.10 Å². The number of carbonyl (C=O) groups excluding carboxylic acids is 1. The Balaban J connectivity index is 2.10. The molecule has 0 bridgehead atoms. The van der Waals surface area contributed by atoms with Gasteiger partial charge in [0, 0.05) is 12.6 Å². The van der Waals surface area contributed by atoms with Gasteiger partial charge in [-0.05, 0) is 25.0 Å². The Morgan fingerprint density at radius 1 is 1.50 bits per heavy atom. The minimum atomic E-state index is -0.329. The number of aryl methyl sites for hydroxylation is 2. The number of rotatable bonds is 4. The van der Waals surface area contributed by atoms with Crippen LogP contribution in [0.15, 0.2) is 18.5 Å². The van der Waals surface area contributed by atoms with Gasteiger partial charge >= 0.3 is 0 Å². The first kappa shape index (κ1) is 12.2. The van der Waals surface area contributed by atoms with Crippen LogP contribution in [0.25, 0.3) is 0 Å². The largest absolute Gasteiger partial charge is 0.318 e. The third kappa shape index (κ3) is 2.71.